The van der Waals surface area contributed by atoms with Gasteiger partial charge in [0.1, 0.15) is 5.75 Å². The van der Waals surface area contributed by atoms with Gasteiger partial charge < -0.3 is 9.47 Å². The van der Waals surface area contributed by atoms with Gasteiger partial charge >= 0.3 is 6.16 Å². The number of aryl methyl sites for hydroxylation is 2. The molecule has 0 N–H and O–H groups in total. The van der Waals surface area contributed by atoms with Gasteiger partial charge in [-0.1, -0.05) is 50.2 Å². The molecule has 0 radical (unpaired) electrons. The second-order valence-corrected chi connectivity index (χ2v) is 5.54. The predicted molar refractivity (Wildman–Crippen MR) is 93.2 cm³/mol. The maximum Gasteiger partial charge on any atom is 0.513 e. The number of hydrogen-bond donors (Lipinski definition) is 0. The lowest BCUT2D eigenvalue weighted by molar-refractivity contribution is 0.122. The summed E-state index contributed by atoms with van der Waals surface area (Å²) in [5.41, 5.74) is 2.47. The van der Waals surface area contributed by atoms with Gasteiger partial charge in [0.15, 0.2) is 0 Å². The Morgan fingerprint density at radius 1 is 1.00 bits per heavy atom. The zero-order valence-corrected chi connectivity index (χ0v) is 13.7. The van der Waals surface area contributed by atoms with Crippen LogP contribution in [0.25, 0.3) is 21.5 Å². The Morgan fingerprint density at radius 2 is 1.78 bits per heavy atom. The molecule has 0 aliphatic heterocycles. The number of benzene rings is 3. The van der Waals surface area contributed by atoms with E-state index >= 15 is 0 Å². The number of ether oxygens (including phenoxy) is 2. The van der Waals surface area contributed by atoms with Crippen LogP contribution in [0, 0.1) is 0 Å². The Labute approximate surface area is 135 Å². The minimum absolute atomic E-state index is 0.587. The topological polar surface area (TPSA) is 35.5 Å². The van der Waals surface area contributed by atoms with Crippen LogP contribution >= 0.6 is 0 Å². The number of fused-ring (bicyclic) bond motifs is 2. The zero-order valence-electron chi connectivity index (χ0n) is 13.7. The van der Waals surface area contributed by atoms with Crippen molar-refractivity contribution in [2.45, 2.75) is 26.7 Å². The van der Waals surface area contributed by atoms with E-state index in [1.165, 1.54) is 18.2 Å². The number of carbonyl (C=O) groups excluding carboxylic acids is 1. The monoisotopic (exact) mass is 308 g/mol. The van der Waals surface area contributed by atoms with Gasteiger partial charge in [-0.15, -0.1) is 0 Å². The molecular formula is C20H20O3. The van der Waals surface area contributed by atoms with Gasteiger partial charge in [0, 0.05) is 10.8 Å². The molecule has 3 nitrogen and oxygen atoms in total. The van der Waals surface area contributed by atoms with E-state index in [-0.39, 0.29) is 0 Å². The molecule has 0 saturated carbocycles. The first-order valence-electron chi connectivity index (χ1n) is 7.91. The summed E-state index contributed by atoms with van der Waals surface area (Å²) in [5, 5.41) is 4.06. The number of hydrogen-bond acceptors (Lipinski definition) is 3. The average molecular weight is 308 g/mol. The molecule has 0 atom stereocenters. The van der Waals surface area contributed by atoms with Crippen molar-refractivity contribution >= 4 is 27.7 Å². The van der Waals surface area contributed by atoms with E-state index in [1.54, 1.807) is 0 Å². The number of carbonyl (C=O) groups is 1. The van der Waals surface area contributed by atoms with Crippen molar-refractivity contribution in [1.29, 1.82) is 0 Å². The molecule has 3 aromatic carbocycles. The largest absolute Gasteiger partial charge is 0.513 e. The summed E-state index contributed by atoms with van der Waals surface area (Å²) >= 11 is 0. The number of rotatable bonds is 3. The molecule has 0 spiro atoms. The third-order valence-corrected chi connectivity index (χ3v) is 4.20. The number of methoxy groups -OCH3 is 1. The maximum atomic E-state index is 11.7. The van der Waals surface area contributed by atoms with Crippen LogP contribution in [0.3, 0.4) is 0 Å². The smallest absolute Gasteiger partial charge is 0.437 e. The molecule has 3 heteroatoms. The van der Waals surface area contributed by atoms with Gasteiger partial charge in [-0.05, 0) is 40.8 Å². The van der Waals surface area contributed by atoms with Crippen LogP contribution in [0.1, 0.15) is 25.0 Å². The summed E-state index contributed by atoms with van der Waals surface area (Å²) in [7, 11) is 1.32. The molecule has 118 valence electrons. The highest BCUT2D eigenvalue weighted by Gasteiger charge is 2.16. The van der Waals surface area contributed by atoms with E-state index in [1.807, 2.05) is 24.3 Å². The molecule has 3 rings (SSSR count). The highest BCUT2D eigenvalue weighted by molar-refractivity contribution is 6.07. The van der Waals surface area contributed by atoms with Gasteiger partial charge in [0.2, 0.25) is 0 Å². The summed E-state index contributed by atoms with van der Waals surface area (Å²) in [4.78, 5) is 11.7. The molecule has 0 amide bonds. The van der Waals surface area contributed by atoms with Crippen LogP contribution in [0.4, 0.5) is 4.79 Å². The van der Waals surface area contributed by atoms with Crippen LogP contribution in [0.5, 0.6) is 5.75 Å². The van der Waals surface area contributed by atoms with Crippen molar-refractivity contribution in [1.82, 2.24) is 0 Å². The van der Waals surface area contributed by atoms with Gasteiger partial charge in [-0.2, -0.15) is 0 Å². The van der Waals surface area contributed by atoms with Crippen molar-refractivity contribution in [2.75, 3.05) is 7.11 Å². The van der Waals surface area contributed by atoms with E-state index in [9.17, 15) is 4.79 Å². The van der Waals surface area contributed by atoms with E-state index in [4.69, 9.17) is 9.47 Å². The molecule has 0 fully saturated rings. The van der Waals surface area contributed by atoms with E-state index in [0.29, 0.717) is 5.75 Å². The minimum Gasteiger partial charge on any atom is -0.437 e. The second kappa shape index (κ2) is 6.29. The predicted octanol–water partition coefficient (Wildman–Crippen LogP) is 5.26. The molecule has 0 saturated heterocycles. The summed E-state index contributed by atoms with van der Waals surface area (Å²) < 4.78 is 10.3. The van der Waals surface area contributed by atoms with Gasteiger partial charge in [-0.25, -0.2) is 4.79 Å². The van der Waals surface area contributed by atoms with Crippen LogP contribution in [0.15, 0.2) is 42.5 Å². The van der Waals surface area contributed by atoms with Crippen molar-refractivity contribution in [3.05, 3.63) is 53.6 Å². The SMILES string of the molecule is CCc1cc(CC)c2c(OC(=O)OC)c3ccccc3cc2c1. The van der Waals surface area contributed by atoms with Crippen LogP contribution in [-0.2, 0) is 17.6 Å². The highest BCUT2D eigenvalue weighted by atomic mass is 16.7. The molecule has 0 unspecified atom stereocenters. The molecule has 23 heavy (non-hydrogen) atoms. The Bertz CT molecular complexity index is 881. The molecule has 0 aromatic heterocycles. The lowest BCUT2D eigenvalue weighted by Gasteiger charge is -2.15. The standard InChI is InChI=1S/C20H20O3/c1-4-13-10-14(5-2)18-16(11-13)12-15-8-6-7-9-17(15)19(18)23-20(21)22-3/h6-12H,4-5H2,1-3H3. The molecule has 0 heterocycles. The van der Waals surface area contributed by atoms with Crippen molar-refractivity contribution < 1.29 is 14.3 Å². The highest BCUT2D eigenvalue weighted by Crippen LogP contribution is 2.38. The van der Waals surface area contributed by atoms with E-state index in [2.05, 4.69) is 32.0 Å². The zero-order chi connectivity index (χ0) is 16.4. The van der Waals surface area contributed by atoms with Crippen molar-refractivity contribution in [2.24, 2.45) is 0 Å². The first-order chi connectivity index (χ1) is 11.2. The first kappa shape index (κ1) is 15.3. The second-order valence-electron chi connectivity index (χ2n) is 5.54. The Hall–Kier alpha value is -2.55. The molecule has 3 aromatic rings. The fourth-order valence-corrected chi connectivity index (χ4v) is 3.03. The normalized spacial score (nSPS) is 10.9. The fraction of sp³-hybridized carbons (Fsp3) is 0.250. The summed E-state index contributed by atoms with van der Waals surface area (Å²) in [6.07, 6.45) is 1.16. The average Bonchev–Trinajstić information content (AvgIpc) is 2.60. The Kier molecular flexibility index (Phi) is 4.20. The molecular weight excluding hydrogens is 288 g/mol. The minimum atomic E-state index is -0.690. The Morgan fingerprint density at radius 3 is 2.48 bits per heavy atom. The van der Waals surface area contributed by atoms with Crippen molar-refractivity contribution in [3.63, 3.8) is 0 Å². The fourth-order valence-electron chi connectivity index (χ4n) is 3.03. The van der Waals surface area contributed by atoms with Gasteiger partial charge in [0.05, 0.1) is 7.11 Å². The summed E-state index contributed by atoms with van der Waals surface area (Å²) in [5.74, 6) is 0.587. The summed E-state index contributed by atoms with van der Waals surface area (Å²) in [6.45, 7) is 4.26. The molecule has 0 aliphatic carbocycles. The van der Waals surface area contributed by atoms with E-state index < -0.39 is 6.16 Å². The van der Waals surface area contributed by atoms with Crippen LogP contribution in [-0.4, -0.2) is 13.3 Å². The van der Waals surface area contributed by atoms with Crippen LogP contribution < -0.4 is 4.74 Å². The third-order valence-electron chi connectivity index (χ3n) is 4.20. The van der Waals surface area contributed by atoms with Gasteiger partial charge in [0.25, 0.3) is 0 Å². The third kappa shape index (κ3) is 2.74. The molecule has 0 aliphatic rings. The molecule has 0 bridgehead atoms. The lowest BCUT2D eigenvalue weighted by atomic mass is 9.94. The lowest BCUT2D eigenvalue weighted by Crippen LogP contribution is -2.08. The van der Waals surface area contributed by atoms with Crippen LogP contribution in [0.2, 0.25) is 0 Å². The first-order valence-corrected chi connectivity index (χ1v) is 7.91. The van der Waals surface area contributed by atoms with Gasteiger partial charge in [-0.3, -0.25) is 0 Å². The van der Waals surface area contributed by atoms with E-state index in [0.717, 1.165) is 34.4 Å². The maximum absolute atomic E-state index is 11.7. The van der Waals surface area contributed by atoms with Crippen molar-refractivity contribution in [3.8, 4) is 5.75 Å². The quantitative estimate of drug-likeness (QED) is 0.376. The summed E-state index contributed by atoms with van der Waals surface area (Å²) in [6, 6.07) is 14.5. The Balaban J connectivity index is 2.42.